The SMILES string of the molecule is O=C1[C@H]2[C@H](ON(c3ccccc3)[C@H]2c2ccc([N+](=O)[O-])cc2)C(=O)N1c1ccc(Cl)c(Cl)c1. The number of hydroxylamine groups is 1. The number of hydrogen-bond acceptors (Lipinski definition) is 6. The molecule has 0 aliphatic carbocycles. The Bertz CT molecular complexity index is 1270. The minimum atomic E-state index is -1.06. The normalized spacial score (nSPS) is 22.1. The zero-order valence-electron chi connectivity index (χ0n) is 16.8. The van der Waals surface area contributed by atoms with Gasteiger partial charge in [-0.1, -0.05) is 53.5 Å². The predicted octanol–water partition coefficient (Wildman–Crippen LogP) is 4.95. The average molecular weight is 484 g/mol. The van der Waals surface area contributed by atoms with Crippen molar-refractivity contribution in [2.24, 2.45) is 5.92 Å². The van der Waals surface area contributed by atoms with Gasteiger partial charge >= 0.3 is 0 Å². The number of non-ortho nitro benzene ring substituents is 1. The number of carbonyl (C=O) groups is 2. The summed E-state index contributed by atoms with van der Waals surface area (Å²) in [5.41, 5.74) is 1.48. The van der Waals surface area contributed by atoms with Crippen molar-refractivity contribution in [1.29, 1.82) is 0 Å². The topological polar surface area (TPSA) is 93.0 Å². The second-order valence-electron chi connectivity index (χ2n) is 7.62. The van der Waals surface area contributed by atoms with E-state index in [9.17, 15) is 19.7 Å². The quantitative estimate of drug-likeness (QED) is 0.296. The van der Waals surface area contributed by atoms with Crippen molar-refractivity contribution in [3.05, 3.63) is 98.5 Å². The molecule has 0 N–H and O–H groups in total. The van der Waals surface area contributed by atoms with Crippen molar-refractivity contribution < 1.29 is 19.3 Å². The number of fused-ring (bicyclic) bond motifs is 1. The van der Waals surface area contributed by atoms with E-state index in [0.717, 1.165) is 4.90 Å². The van der Waals surface area contributed by atoms with Crippen LogP contribution in [-0.4, -0.2) is 22.8 Å². The van der Waals surface area contributed by atoms with E-state index in [2.05, 4.69) is 0 Å². The number of nitro groups is 1. The van der Waals surface area contributed by atoms with Gasteiger partial charge in [0.1, 0.15) is 5.92 Å². The lowest BCUT2D eigenvalue weighted by Gasteiger charge is -2.28. The van der Waals surface area contributed by atoms with Crippen LogP contribution in [0.5, 0.6) is 0 Å². The fourth-order valence-corrected chi connectivity index (χ4v) is 4.52. The predicted molar refractivity (Wildman–Crippen MR) is 122 cm³/mol. The van der Waals surface area contributed by atoms with E-state index in [1.54, 1.807) is 30.3 Å². The first kappa shape index (κ1) is 21.4. The number of carbonyl (C=O) groups excluding carboxylic acids is 2. The third-order valence-electron chi connectivity index (χ3n) is 5.73. The van der Waals surface area contributed by atoms with E-state index >= 15 is 0 Å². The summed E-state index contributed by atoms with van der Waals surface area (Å²) in [4.78, 5) is 44.5. The number of halogens is 2. The molecule has 8 nitrogen and oxygen atoms in total. The van der Waals surface area contributed by atoms with Crippen molar-refractivity contribution in [3.63, 3.8) is 0 Å². The third-order valence-corrected chi connectivity index (χ3v) is 6.47. The van der Waals surface area contributed by atoms with Crippen molar-refractivity contribution >= 4 is 52.1 Å². The zero-order chi connectivity index (χ0) is 23.3. The molecule has 2 fully saturated rings. The zero-order valence-corrected chi connectivity index (χ0v) is 18.3. The largest absolute Gasteiger partial charge is 0.273 e. The highest BCUT2D eigenvalue weighted by atomic mass is 35.5. The molecule has 0 bridgehead atoms. The van der Waals surface area contributed by atoms with Crippen LogP contribution in [0.1, 0.15) is 11.6 Å². The van der Waals surface area contributed by atoms with E-state index < -0.39 is 34.8 Å². The molecule has 3 atom stereocenters. The Labute approximate surface area is 198 Å². The molecule has 0 aromatic heterocycles. The maximum Gasteiger partial charge on any atom is 0.269 e. The fourth-order valence-electron chi connectivity index (χ4n) is 4.22. The van der Waals surface area contributed by atoms with Crippen LogP contribution >= 0.6 is 23.2 Å². The van der Waals surface area contributed by atoms with Gasteiger partial charge in [0.05, 0.1) is 32.4 Å². The van der Waals surface area contributed by atoms with Crippen LogP contribution in [0.4, 0.5) is 17.1 Å². The Kier molecular flexibility index (Phi) is 5.28. The second kappa shape index (κ2) is 8.15. The maximum atomic E-state index is 13.5. The van der Waals surface area contributed by atoms with Crippen LogP contribution in [0, 0.1) is 16.0 Å². The van der Waals surface area contributed by atoms with E-state index in [1.807, 2.05) is 18.2 Å². The van der Waals surface area contributed by atoms with Gasteiger partial charge in [-0.05, 0) is 35.9 Å². The highest BCUT2D eigenvalue weighted by Gasteiger charge is 2.60. The van der Waals surface area contributed by atoms with Gasteiger partial charge in [-0.2, -0.15) is 0 Å². The van der Waals surface area contributed by atoms with Crippen LogP contribution in [0.15, 0.2) is 72.8 Å². The highest BCUT2D eigenvalue weighted by molar-refractivity contribution is 6.42. The molecule has 166 valence electrons. The molecule has 33 heavy (non-hydrogen) atoms. The number of benzene rings is 3. The summed E-state index contributed by atoms with van der Waals surface area (Å²) in [6.45, 7) is 0. The fraction of sp³-hybridized carbons (Fsp3) is 0.130. The molecule has 3 aromatic carbocycles. The van der Waals surface area contributed by atoms with Crippen LogP contribution in [0.25, 0.3) is 0 Å². The Balaban J connectivity index is 1.58. The standard InChI is InChI=1S/C23H15Cl2N3O5/c24-17-11-10-16(12-18(17)25)26-22(29)19-20(13-6-8-15(9-7-13)28(31)32)27(33-21(19)23(26)30)14-4-2-1-3-5-14/h1-12,19-21H/t19-,20+,21+/m1/s1. The molecular formula is C23H15Cl2N3O5. The lowest BCUT2D eigenvalue weighted by atomic mass is 9.90. The summed E-state index contributed by atoms with van der Waals surface area (Å²) in [5, 5.41) is 13.1. The van der Waals surface area contributed by atoms with E-state index in [1.165, 1.54) is 29.3 Å². The summed E-state index contributed by atoms with van der Waals surface area (Å²) in [7, 11) is 0. The molecular weight excluding hydrogens is 469 g/mol. The van der Waals surface area contributed by atoms with E-state index in [0.29, 0.717) is 22.0 Å². The van der Waals surface area contributed by atoms with Crippen molar-refractivity contribution in [2.45, 2.75) is 12.1 Å². The molecule has 2 heterocycles. The average Bonchev–Trinajstić information content (AvgIpc) is 3.32. The van der Waals surface area contributed by atoms with Gasteiger partial charge in [-0.25, -0.2) is 9.96 Å². The highest BCUT2D eigenvalue weighted by Crippen LogP contribution is 2.48. The van der Waals surface area contributed by atoms with Gasteiger partial charge < -0.3 is 0 Å². The molecule has 5 rings (SSSR count). The summed E-state index contributed by atoms with van der Waals surface area (Å²) >= 11 is 12.1. The van der Waals surface area contributed by atoms with Crippen LogP contribution in [-0.2, 0) is 14.4 Å². The van der Waals surface area contributed by atoms with Gasteiger partial charge in [0.25, 0.3) is 11.6 Å². The van der Waals surface area contributed by atoms with Gasteiger partial charge in [0.2, 0.25) is 5.91 Å². The third kappa shape index (κ3) is 3.52. The van der Waals surface area contributed by atoms with Crippen molar-refractivity contribution in [2.75, 3.05) is 9.96 Å². The number of amides is 2. The Hall–Kier alpha value is -3.46. The minimum absolute atomic E-state index is 0.0771. The number of hydrogen-bond donors (Lipinski definition) is 0. The number of anilines is 2. The smallest absolute Gasteiger partial charge is 0.269 e. The van der Waals surface area contributed by atoms with Gasteiger partial charge in [-0.3, -0.25) is 24.5 Å². The number of nitro benzene ring substituents is 1. The number of nitrogens with zero attached hydrogens (tertiary/aromatic N) is 3. The second-order valence-corrected chi connectivity index (χ2v) is 8.43. The minimum Gasteiger partial charge on any atom is -0.273 e. The van der Waals surface area contributed by atoms with Crippen molar-refractivity contribution in [3.8, 4) is 0 Å². The summed E-state index contributed by atoms with van der Waals surface area (Å²) < 4.78 is 0. The van der Waals surface area contributed by atoms with Gasteiger partial charge in [0, 0.05) is 12.1 Å². The monoisotopic (exact) mass is 483 g/mol. The lowest BCUT2D eigenvalue weighted by Crippen LogP contribution is -2.37. The molecule has 0 saturated carbocycles. The Morgan fingerprint density at radius 1 is 0.848 bits per heavy atom. The molecule has 10 heteroatoms. The number of para-hydroxylation sites is 1. The molecule has 2 saturated heterocycles. The first-order valence-electron chi connectivity index (χ1n) is 9.95. The van der Waals surface area contributed by atoms with Crippen LogP contribution in [0.3, 0.4) is 0 Å². The first-order valence-corrected chi connectivity index (χ1v) is 10.7. The van der Waals surface area contributed by atoms with Crippen molar-refractivity contribution in [1.82, 2.24) is 0 Å². The first-order chi connectivity index (χ1) is 15.9. The summed E-state index contributed by atoms with van der Waals surface area (Å²) in [6.07, 6.45) is -1.06. The molecule has 0 spiro atoms. The molecule has 2 amide bonds. The van der Waals surface area contributed by atoms with Gasteiger partial charge in [-0.15, -0.1) is 0 Å². The molecule has 2 aliphatic rings. The van der Waals surface area contributed by atoms with Gasteiger partial charge in [0.15, 0.2) is 6.10 Å². The lowest BCUT2D eigenvalue weighted by molar-refractivity contribution is -0.384. The molecule has 2 aliphatic heterocycles. The number of imide groups is 1. The number of rotatable bonds is 4. The molecule has 3 aromatic rings. The van der Waals surface area contributed by atoms with Crippen LogP contribution < -0.4 is 9.96 Å². The Morgan fingerprint density at radius 2 is 1.55 bits per heavy atom. The Morgan fingerprint density at radius 3 is 2.18 bits per heavy atom. The molecule has 0 radical (unpaired) electrons. The summed E-state index contributed by atoms with van der Waals surface area (Å²) in [6, 6.07) is 18.8. The van der Waals surface area contributed by atoms with E-state index in [-0.39, 0.29) is 10.7 Å². The van der Waals surface area contributed by atoms with E-state index in [4.69, 9.17) is 28.0 Å². The van der Waals surface area contributed by atoms with Crippen LogP contribution in [0.2, 0.25) is 10.0 Å². The summed E-state index contributed by atoms with van der Waals surface area (Å²) in [5.74, 6) is -1.84. The maximum absolute atomic E-state index is 13.5. The molecule has 0 unspecified atom stereocenters.